The second-order valence-electron chi connectivity index (χ2n) is 5.48. The predicted molar refractivity (Wildman–Crippen MR) is 80.8 cm³/mol. The van der Waals surface area contributed by atoms with Crippen molar-refractivity contribution in [3.63, 3.8) is 0 Å². The molecule has 5 nitrogen and oxygen atoms in total. The average Bonchev–Trinajstić information content (AvgIpc) is 2.70. The molecule has 0 amide bonds. The van der Waals surface area contributed by atoms with Crippen molar-refractivity contribution < 1.29 is 18.3 Å². The molecule has 6 heteroatoms. The highest BCUT2D eigenvalue weighted by molar-refractivity contribution is 7.89. The molecule has 0 saturated carbocycles. The lowest BCUT2D eigenvalue weighted by atomic mass is 10.0. The zero-order chi connectivity index (χ0) is 15.3. The molecule has 2 rings (SSSR count). The quantitative estimate of drug-likeness (QED) is 0.901. The minimum Gasteiger partial charge on any atom is -0.491 e. The van der Waals surface area contributed by atoms with Gasteiger partial charge in [0.1, 0.15) is 12.4 Å². The van der Waals surface area contributed by atoms with E-state index in [2.05, 4.69) is 6.92 Å². The molecule has 1 fully saturated rings. The molecular weight excluding hydrogens is 290 g/mol. The Hall–Kier alpha value is -1.11. The summed E-state index contributed by atoms with van der Waals surface area (Å²) in [5, 5.41) is 8.70. The van der Waals surface area contributed by atoms with Crippen molar-refractivity contribution >= 4 is 10.0 Å². The van der Waals surface area contributed by atoms with Gasteiger partial charge in [-0.05, 0) is 49.4 Å². The molecule has 21 heavy (non-hydrogen) atoms. The molecule has 1 unspecified atom stereocenters. The molecule has 0 spiro atoms. The van der Waals surface area contributed by atoms with Crippen LogP contribution in [0.4, 0.5) is 0 Å². The summed E-state index contributed by atoms with van der Waals surface area (Å²) in [7, 11) is -3.42. The van der Waals surface area contributed by atoms with E-state index in [0.29, 0.717) is 29.7 Å². The first-order valence-electron chi connectivity index (χ1n) is 7.38. The molecule has 0 aliphatic carbocycles. The van der Waals surface area contributed by atoms with Gasteiger partial charge < -0.3 is 9.84 Å². The second kappa shape index (κ2) is 7.24. The van der Waals surface area contributed by atoms with Gasteiger partial charge in [0, 0.05) is 13.1 Å². The van der Waals surface area contributed by atoms with Crippen molar-refractivity contribution in [1.29, 1.82) is 0 Å². The van der Waals surface area contributed by atoms with E-state index in [0.717, 1.165) is 19.3 Å². The van der Waals surface area contributed by atoms with Crippen molar-refractivity contribution in [3.8, 4) is 5.75 Å². The van der Waals surface area contributed by atoms with Crippen LogP contribution in [0.5, 0.6) is 5.75 Å². The number of sulfonamides is 1. The van der Waals surface area contributed by atoms with E-state index in [1.165, 1.54) is 0 Å². The monoisotopic (exact) mass is 313 g/mol. The van der Waals surface area contributed by atoms with Gasteiger partial charge in [0.05, 0.1) is 11.5 Å². The van der Waals surface area contributed by atoms with Crippen LogP contribution in [-0.2, 0) is 10.0 Å². The van der Waals surface area contributed by atoms with Gasteiger partial charge in [-0.1, -0.05) is 6.92 Å². The molecule has 1 aliphatic rings. The minimum absolute atomic E-state index is 0.0635. The first-order valence-corrected chi connectivity index (χ1v) is 8.82. The highest BCUT2D eigenvalue weighted by Crippen LogP contribution is 2.24. The van der Waals surface area contributed by atoms with Crippen LogP contribution < -0.4 is 4.74 Å². The third kappa shape index (κ3) is 4.18. The standard InChI is InChI=1S/C15H23NO4S/c1-13-3-2-9-16(10-8-13)21(18,19)15-6-4-14(5-7-15)20-12-11-17/h4-7,13,17H,2-3,8-12H2,1H3. The molecule has 1 aromatic rings. The van der Waals surface area contributed by atoms with Crippen molar-refractivity contribution in [3.05, 3.63) is 24.3 Å². The van der Waals surface area contributed by atoms with Crippen LogP contribution in [-0.4, -0.2) is 44.1 Å². The Morgan fingerprint density at radius 1 is 1.24 bits per heavy atom. The fraction of sp³-hybridized carbons (Fsp3) is 0.600. The zero-order valence-corrected chi connectivity index (χ0v) is 13.2. The molecule has 1 heterocycles. The lowest BCUT2D eigenvalue weighted by Gasteiger charge is -2.20. The fourth-order valence-electron chi connectivity index (χ4n) is 2.50. The molecule has 118 valence electrons. The maximum atomic E-state index is 12.6. The highest BCUT2D eigenvalue weighted by atomic mass is 32.2. The molecule has 1 aliphatic heterocycles. The maximum absolute atomic E-state index is 12.6. The summed E-state index contributed by atoms with van der Waals surface area (Å²) in [4.78, 5) is 0.299. The zero-order valence-electron chi connectivity index (χ0n) is 12.4. The summed E-state index contributed by atoms with van der Waals surface area (Å²) >= 11 is 0. The maximum Gasteiger partial charge on any atom is 0.243 e. The van der Waals surface area contributed by atoms with Crippen LogP contribution in [0.25, 0.3) is 0 Å². The van der Waals surface area contributed by atoms with E-state index < -0.39 is 10.0 Å². The Bertz CT molecular complexity index is 541. The Balaban J connectivity index is 2.11. The molecule has 0 radical (unpaired) electrons. The third-order valence-corrected chi connectivity index (χ3v) is 5.71. The Morgan fingerprint density at radius 3 is 2.62 bits per heavy atom. The van der Waals surface area contributed by atoms with Gasteiger partial charge in [0.2, 0.25) is 10.0 Å². The van der Waals surface area contributed by atoms with Crippen molar-refractivity contribution in [2.75, 3.05) is 26.3 Å². The molecule has 0 bridgehead atoms. The van der Waals surface area contributed by atoms with E-state index in [4.69, 9.17) is 9.84 Å². The average molecular weight is 313 g/mol. The van der Waals surface area contributed by atoms with E-state index in [9.17, 15) is 8.42 Å². The van der Waals surface area contributed by atoms with E-state index >= 15 is 0 Å². The number of rotatable bonds is 5. The summed E-state index contributed by atoms with van der Waals surface area (Å²) in [5.74, 6) is 1.15. The number of nitrogens with zero attached hydrogens (tertiary/aromatic N) is 1. The van der Waals surface area contributed by atoms with Crippen LogP contribution in [0.1, 0.15) is 26.2 Å². The van der Waals surface area contributed by atoms with Crippen LogP contribution in [0.2, 0.25) is 0 Å². The minimum atomic E-state index is -3.42. The summed E-state index contributed by atoms with van der Waals surface area (Å²) in [6, 6.07) is 6.39. The topological polar surface area (TPSA) is 66.8 Å². The Labute approximate surface area is 126 Å². The van der Waals surface area contributed by atoms with Crippen LogP contribution in [0.15, 0.2) is 29.2 Å². The lowest BCUT2D eigenvalue weighted by Crippen LogP contribution is -2.32. The van der Waals surface area contributed by atoms with Crippen LogP contribution in [0.3, 0.4) is 0 Å². The molecule has 1 saturated heterocycles. The summed E-state index contributed by atoms with van der Waals surface area (Å²) < 4.78 is 32.1. The highest BCUT2D eigenvalue weighted by Gasteiger charge is 2.26. The van der Waals surface area contributed by atoms with E-state index in [1.54, 1.807) is 28.6 Å². The summed E-state index contributed by atoms with van der Waals surface area (Å²) in [5.41, 5.74) is 0. The number of hydrogen-bond donors (Lipinski definition) is 1. The number of benzene rings is 1. The fourth-order valence-corrected chi connectivity index (χ4v) is 3.99. The van der Waals surface area contributed by atoms with Gasteiger partial charge >= 0.3 is 0 Å². The Morgan fingerprint density at radius 2 is 1.95 bits per heavy atom. The largest absolute Gasteiger partial charge is 0.491 e. The van der Waals surface area contributed by atoms with Gasteiger partial charge in [0.15, 0.2) is 0 Å². The summed E-state index contributed by atoms with van der Waals surface area (Å²) in [6.07, 6.45) is 2.91. The molecule has 0 aromatic heterocycles. The van der Waals surface area contributed by atoms with Gasteiger partial charge in [-0.2, -0.15) is 4.31 Å². The Kier molecular flexibility index (Phi) is 5.61. The predicted octanol–water partition coefficient (Wildman–Crippen LogP) is 1.87. The van der Waals surface area contributed by atoms with E-state index in [1.807, 2.05) is 0 Å². The van der Waals surface area contributed by atoms with Gasteiger partial charge in [-0.25, -0.2) is 8.42 Å². The van der Waals surface area contributed by atoms with Crippen molar-refractivity contribution in [2.24, 2.45) is 5.92 Å². The summed E-state index contributed by atoms with van der Waals surface area (Å²) in [6.45, 7) is 3.49. The molecule has 1 N–H and O–H groups in total. The third-order valence-electron chi connectivity index (χ3n) is 3.80. The normalized spacial score (nSPS) is 21.0. The number of aliphatic hydroxyl groups excluding tert-OH is 1. The van der Waals surface area contributed by atoms with Crippen LogP contribution in [0, 0.1) is 5.92 Å². The lowest BCUT2D eigenvalue weighted by molar-refractivity contribution is 0.201. The number of ether oxygens (including phenoxy) is 1. The number of aliphatic hydroxyl groups is 1. The number of hydrogen-bond acceptors (Lipinski definition) is 4. The van der Waals surface area contributed by atoms with E-state index in [-0.39, 0.29) is 13.2 Å². The second-order valence-corrected chi connectivity index (χ2v) is 7.42. The van der Waals surface area contributed by atoms with Crippen molar-refractivity contribution in [2.45, 2.75) is 31.1 Å². The molecule has 1 atom stereocenters. The first kappa shape index (κ1) is 16.3. The van der Waals surface area contributed by atoms with Gasteiger partial charge in [-0.15, -0.1) is 0 Å². The first-order chi connectivity index (χ1) is 10.0. The van der Waals surface area contributed by atoms with Crippen molar-refractivity contribution in [1.82, 2.24) is 4.31 Å². The van der Waals surface area contributed by atoms with Crippen LogP contribution >= 0.6 is 0 Å². The molecule has 1 aromatic carbocycles. The molecular formula is C15H23NO4S. The van der Waals surface area contributed by atoms with Gasteiger partial charge in [-0.3, -0.25) is 0 Å². The smallest absolute Gasteiger partial charge is 0.243 e. The SMILES string of the molecule is CC1CCCN(S(=O)(=O)c2ccc(OCCO)cc2)CC1. The van der Waals surface area contributed by atoms with Gasteiger partial charge in [0.25, 0.3) is 0 Å².